The maximum Gasteiger partial charge on any atom is 0.244 e. The molecule has 1 fully saturated rings. The van der Waals surface area contributed by atoms with E-state index in [9.17, 15) is 0 Å². The van der Waals surface area contributed by atoms with Gasteiger partial charge in [0, 0.05) is 38.9 Å². The molecule has 1 aromatic carbocycles. The number of piperazine rings is 1. The van der Waals surface area contributed by atoms with E-state index in [1.165, 1.54) is 0 Å². The third kappa shape index (κ3) is 3.84. The van der Waals surface area contributed by atoms with Crippen molar-refractivity contribution in [3.05, 3.63) is 54.4 Å². The van der Waals surface area contributed by atoms with Crippen LogP contribution in [0.1, 0.15) is 5.56 Å². The largest absolute Gasteiger partial charge is 0.454 e. The van der Waals surface area contributed by atoms with Crippen LogP contribution in [0.2, 0.25) is 0 Å². The average Bonchev–Trinajstić information content (AvgIpc) is 3.27. The van der Waals surface area contributed by atoms with Crippen molar-refractivity contribution in [3.63, 3.8) is 0 Å². The van der Waals surface area contributed by atoms with Crippen LogP contribution < -0.4 is 24.6 Å². The maximum absolute atomic E-state index is 5.42. The molecule has 2 aromatic heterocycles. The minimum atomic E-state index is 0.273. The molecule has 1 saturated heterocycles. The molecule has 3 aromatic rings. The van der Waals surface area contributed by atoms with E-state index in [1.807, 2.05) is 42.6 Å². The number of nitrogens with zero attached hydrogens (tertiary/aromatic N) is 6. The van der Waals surface area contributed by atoms with Gasteiger partial charge in [0.15, 0.2) is 17.3 Å². The third-order valence-electron chi connectivity index (χ3n) is 5.01. The molecule has 0 saturated carbocycles. The summed E-state index contributed by atoms with van der Waals surface area (Å²) in [5.41, 5.74) is 1.06. The van der Waals surface area contributed by atoms with Gasteiger partial charge in [-0.3, -0.25) is 0 Å². The van der Waals surface area contributed by atoms with Gasteiger partial charge in [0.1, 0.15) is 5.82 Å². The van der Waals surface area contributed by atoms with E-state index in [4.69, 9.17) is 9.47 Å². The summed E-state index contributed by atoms with van der Waals surface area (Å²) < 4.78 is 10.8. The van der Waals surface area contributed by atoms with Crippen LogP contribution in [0, 0.1) is 0 Å². The number of hydrogen-bond acceptors (Lipinski definition) is 9. The van der Waals surface area contributed by atoms with E-state index < -0.39 is 0 Å². The Hall–Kier alpha value is -3.62. The fourth-order valence-corrected chi connectivity index (χ4v) is 3.46. The zero-order chi connectivity index (χ0) is 19.5. The van der Waals surface area contributed by atoms with Crippen LogP contribution in [0.4, 0.5) is 17.6 Å². The van der Waals surface area contributed by atoms with Gasteiger partial charge in [-0.25, -0.2) is 4.98 Å². The van der Waals surface area contributed by atoms with E-state index in [1.54, 1.807) is 6.20 Å². The molecule has 2 aliphatic rings. The molecule has 0 bridgehead atoms. The predicted molar refractivity (Wildman–Crippen MR) is 108 cm³/mol. The summed E-state index contributed by atoms with van der Waals surface area (Å²) in [4.78, 5) is 13.6. The molecule has 29 heavy (non-hydrogen) atoms. The number of hydrogen-bond donors (Lipinski definition) is 1. The predicted octanol–water partition coefficient (Wildman–Crippen LogP) is 1.93. The normalized spacial score (nSPS) is 15.4. The van der Waals surface area contributed by atoms with Gasteiger partial charge in [-0.05, 0) is 29.8 Å². The topological polar surface area (TPSA) is 88.5 Å². The summed E-state index contributed by atoms with van der Waals surface area (Å²) in [5, 5.41) is 11.5. The van der Waals surface area contributed by atoms with Crippen molar-refractivity contribution in [1.82, 2.24) is 20.2 Å². The number of anilines is 3. The lowest BCUT2D eigenvalue weighted by molar-refractivity contribution is 0.174. The number of aromatic nitrogens is 4. The lowest BCUT2D eigenvalue weighted by Crippen LogP contribution is -2.47. The van der Waals surface area contributed by atoms with Crippen molar-refractivity contribution in [2.24, 2.45) is 0 Å². The van der Waals surface area contributed by atoms with Crippen molar-refractivity contribution >= 4 is 17.6 Å². The Labute approximate surface area is 168 Å². The van der Waals surface area contributed by atoms with Crippen LogP contribution in [0.15, 0.2) is 48.8 Å². The van der Waals surface area contributed by atoms with Crippen LogP contribution >= 0.6 is 0 Å². The van der Waals surface area contributed by atoms with Gasteiger partial charge in [-0.2, -0.15) is 10.1 Å². The smallest absolute Gasteiger partial charge is 0.244 e. The summed E-state index contributed by atoms with van der Waals surface area (Å²) in [6.45, 7) is 4.35. The molecule has 9 nitrogen and oxygen atoms in total. The average molecular weight is 391 g/mol. The van der Waals surface area contributed by atoms with E-state index in [-0.39, 0.29) is 6.79 Å². The lowest BCUT2D eigenvalue weighted by atomic mass is 10.2. The van der Waals surface area contributed by atoms with Crippen LogP contribution in [0.25, 0.3) is 0 Å². The fourth-order valence-electron chi connectivity index (χ4n) is 3.46. The van der Waals surface area contributed by atoms with Gasteiger partial charge in [0.25, 0.3) is 0 Å². The fraction of sp³-hybridized carbons (Fsp3) is 0.300. The summed E-state index contributed by atoms with van der Waals surface area (Å²) in [7, 11) is 0. The van der Waals surface area contributed by atoms with Crippen molar-refractivity contribution in [2.75, 3.05) is 48.1 Å². The van der Waals surface area contributed by atoms with E-state index >= 15 is 0 Å². The summed E-state index contributed by atoms with van der Waals surface area (Å²) in [6, 6.07) is 11.9. The molecule has 9 heteroatoms. The summed E-state index contributed by atoms with van der Waals surface area (Å²) >= 11 is 0. The third-order valence-corrected chi connectivity index (χ3v) is 5.01. The highest BCUT2D eigenvalue weighted by atomic mass is 16.7. The van der Waals surface area contributed by atoms with E-state index in [0.717, 1.165) is 54.9 Å². The van der Waals surface area contributed by atoms with Gasteiger partial charge in [-0.15, -0.1) is 5.10 Å². The molecular formula is C20H21N7O2. The number of fused-ring (bicyclic) bond motifs is 1. The minimum absolute atomic E-state index is 0.273. The number of ether oxygens (including phenoxy) is 2. The molecule has 0 spiro atoms. The molecule has 148 valence electrons. The number of pyridine rings is 1. The number of rotatable bonds is 5. The first-order valence-electron chi connectivity index (χ1n) is 9.58. The van der Waals surface area contributed by atoms with Crippen molar-refractivity contribution < 1.29 is 9.47 Å². The van der Waals surface area contributed by atoms with E-state index in [0.29, 0.717) is 12.5 Å². The van der Waals surface area contributed by atoms with Crippen molar-refractivity contribution in [1.29, 1.82) is 0 Å². The Morgan fingerprint density at radius 1 is 0.931 bits per heavy atom. The second kappa shape index (κ2) is 7.78. The van der Waals surface area contributed by atoms with Crippen LogP contribution in [-0.4, -0.2) is 53.1 Å². The zero-order valence-corrected chi connectivity index (χ0v) is 15.9. The highest BCUT2D eigenvalue weighted by Gasteiger charge is 2.20. The van der Waals surface area contributed by atoms with Gasteiger partial charge < -0.3 is 24.6 Å². The molecule has 0 unspecified atom stereocenters. The minimum Gasteiger partial charge on any atom is -0.454 e. The quantitative estimate of drug-likeness (QED) is 0.701. The first kappa shape index (κ1) is 17.5. The maximum atomic E-state index is 5.42. The molecule has 1 N–H and O–H groups in total. The SMILES string of the molecule is c1ccc(N2CCN(c3cnnc(NCc4ccc5c(c4)OCO5)n3)CC2)nc1. The molecule has 0 aliphatic carbocycles. The van der Waals surface area contributed by atoms with Crippen molar-refractivity contribution in [2.45, 2.75) is 6.54 Å². The standard InChI is InChI=1S/C20H21N7O2/c1-2-6-21-18(3-1)26-7-9-27(10-8-26)19-13-23-25-20(24-19)22-12-15-4-5-16-17(11-15)29-14-28-16/h1-6,11,13H,7-10,12,14H2,(H,22,24,25). The Balaban J connectivity index is 1.20. The Morgan fingerprint density at radius 2 is 1.76 bits per heavy atom. The molecule has 5 rings (SSSR count). The molecule has 0 radical (unpaired) electrons. The van der Waals surface area contributed by atoms with Crippen LogP contribution in [-0.2, 0) is 6.54 Å². The van der Waals surface area contributed by atoms with Crippen LogP contribution in [0.5, 0.6) is 11.5 Å². The summed E-state index contributed by atoms with van der Waals surface area (Å²) in [5.74, 6) is 3.89. The zero-order valence-electron chi connectivity index (χ0n) is 15.9. The lowest BCUT2D eigenvalue weighted by Gasteiger charge is -2.35. The van der Waals surface area contributed by atoms with Gasteiger partial charge >= 0.3 is 0 Å². The first-order chi connectivity index (χ1) is 14.3. The Bertz CT molecular complexity index is 978. The Morgan fingerprint density at radius 3 is 2.59 bits per heavy atom. The van der Waals surface area contributed by atoms with Gasteiger partial charge in [0.2, 0.25) is 12.7 Å². The van der Waals surface area contributed by atoms with Crippen LogP contribution in [0.3, 0.4) is 0 Å². The molecular weight excluding hydrogens is 370 g/mol. The second-order valence-corrected chi connectivity index (χ2v) is 6.84. The Kier molecular flexibility index (Phi) is 4.69. The molecule has 0 amide bonds. The van der Waals surface area contributed by atoms with E-state index in [2.05, 4.69) is 35.3 Å². The molecule has 2 aliphatic heterocycles. The van der Waals surface area contributed by atoms with Crippen molar-refractivity contribution in [3.8, 4) is 11.5 Å². The summed E-state index contributed by atoms with van der Waals surface area (Å²) in [6.07, 6.45) is 3.54. The molecule has 4 heterocycles. The highest BCUT2D eigenvalue weighted by molar-refractivity contribution is 5.47. The number of nitrogens with one attached hydrogen (secondary N) is 1. The first-order valence-corrected chi connectivity index (χ1v) is 9.58. The van der Waals surface area contributed by atoms with Gasteiger partial charge in [0.05, 0.1) is 6.20 Å². The second-order valence-electron chi connectivity index (χ2n) is 6.84. The highest BCUT2D eigenvalue weighted by Crippen LogP contribution is 2.32. The monoisotopic (exact) mass is 391 g/mol. The number of benzene rings is 1. The van der Waals surface area contributed by atoms with Gasteiger partial charge in [-0.1, -0.05) is 12.1 Å². The molecule has 0 atom stereocenters.